The molecule has 4 rings (SSSR count). The Hall–Kier alpha value is -3.16. The summed E-state index contributed by atoms with van der Waals surface area (Å²) in [6.45, 7) is 11.4. The van der Waals surface area contributed by atoms with E-state index in [1.165, 1.54) is 5.56 Å². The Morgan fingerprint density at radius 2 is 1.58 bits per heavy atom. The van der Waals surface area contributed by atoms with Crippen LogP contribution in [0.15, 0.2) is 30.5 Å². The molecule has 0 saturated carbocycles. The molecule has 0 bridgehead atoms. The lowest BCUT2D eigenvalue weighted by atomic mass is 10.0. The van der Waals surface area contributed by atoms with Gasteiger partial charge in [-0.3, -0.25) is 4.79 Å². The highest BCUT2D eigenvalue weighted by Crippen LogP contribution is 2.32. The maximum Gasteiger partial charge on any atom is 0.410 e. The molecule has 1 amide bonds. The van der Waals surface area contributed by atoms with Crippen molar-refractivity contribution >= 4 is 23.6 Å². The molecule has 2 aliphatic rings. The fourth-order valence-electron chi connectivity index (χ4n) is 4.08. The van der Waals surface area contributed by atoms with Gasteiger partial charge in [-0.05, 0) is 33.3 Å². The van der Waals surface area contributed by atoms with Crippen molar-refractivity contribution in [3.05, 3.63) is 36.0 Å². The third-order valence-electron chi connectivity index (χ3n) is 5.95. The zero-order valence-corrected chi connectivity index (χ0v) is 20.0. The SMILES string of the molecule is Cc1ccc(-c2cnc(N3CCN(C(=O)OC(C)(C)C)CC3)nc2N2CCC(=O)CC2)cc1. The lowest BCUT2D eigenvalue weighted by molar-refractivity contribution is -0.119. The number of piperazine rings is 1. The summed E-state index contributed by atoms with van der Waals surface area (Å²) >= 11 is 0. The number of ketones is 1. The van der Waals surface area contributed by atoms with E-state index in [1.807, 2.05) is 27.0 Å². The highest BCUT2D eigenvalue weighted by atomic mass is 16.6. The van der Waals surface area contributed by atoms with Crippen molar-refractivity contribution in [2.45, 2.75) is 46.1 Å². The first-order chi connectivity index (χ1) is 15.7. The van der Waals surface area contributed by atoms with Gasteiger partial charge < -0.3 is 19.4 Å². The monoisotopic (exact) mass is 451 g/mol. The van der Waals surface area contributed by atoms with Gasteiger partial charge in [-0.1, -0.05) is 29.8 Å². The topological polar surface area (TPSA) is 78.9 Å². The molecule has 0 N–H and O–H groups in total. The first kappa shape index (κ1) is 23.0. The fraction of sp³-hybridized carbons (Fsp3) is 0.520. The third-order valence-corrected chi connectivity index (χ3v) is 5.95. The van der Waals surface area contributed by atoms with Crippen LogP contribution in [0.25, 0.3) is 11.1 Å². The Morgan fingerprint density at radius 3 is 2.18 bits per heavy atom. The highest BCUT2D eigenvalue weighted by Gasteiger charge is 2.28. The lowest BCUT2D eigenvalue weighted by Crippen LogP contribution is -2.50. The lowest BCUT2D eigenvalue weighted by Gasteiger charge is -2.36. The van der Waals surface area contributed by atoms with E-state index in [0.29, 0.717) is 63.8 Å². The number of carbonyl (C=O) groups is 2. The second kappa shape index (κ2) is 9.37. The Labute approximate surface area is 195 Å². The summed E-state index contributed by atoms with van der Waals surface area (Å²) in [6.07, 6.45) is 2.69. The minimum atomic E-state index is -0.506. The Kier molecular flexibility index (Phi) is 6.54. The number of rotatable bonds is 3. The Morgan fingerprint density at radius 1 is 0.939 bits per heavy atom. The molecular formula is C25H33N5O3. The van der Waals surface area contributed by atoms with E-state index in [9.17, 15) is 9.59 Å². The fourth-order valence-corrected chi connectivity index (χ4v) is 4.08. The predicted molar refractivity (Wildman–Crippen MR) is 129 cm³/mol. The van der Waals surface area contributed by atoms with Crippen molar-refractivity contribution in [2.75, 3.05) is 49.1 Å². The summed E-state index contributed by atoms with van der Waals surface area (Å²) < 4.78 is 5.50. The minimum absolute atomic E-state index is 0.281. The predicted octanol–water partition coefficient (Wildman–Crippen LogP) is 3.68. The molecular weight excluding hydrogens is 418 g/mol. The van der Waals surface area contributed by atoms with Crippen molar-refractivity contribution < 1.29 is 14.3 Å². The average Bonchev–Trinajstić information content (AvgIpc) is 2.79. The Bertz CT molecular complexity index is 998. The number of aromatic nitrogens is 2. The normalized spacial score (nSPS) is 17.3. The van der Waals surface area contributed by atoms with Gasteiger partial charge in [-0.25, -0.2) is 9.78 Å². The van der Waals surface area contributed by atoms with Gasteiger partial charge in [0.1, 0.15) is 17.2 Å². The van der Waals surface area contributed by atoms with E-state index in [2.05, 4.69) is 46.0 Å². The summed E-state index contributed by atoms with van der Waals surface area (Å²) in [7, 11) is 0. The number of hydrogen-bond acceptors (Lipinski definition) is 7. The van der Waals surface area contributed by atoms with Gasteiger partial charge in [-0.15, -0.1) is 0 Å². The van der Waals surface area contributed by atoms with Crippen LogP contribution in [0.4, 0.5) is 16.6 Å². The molecule has 1 aromatic carbocycles. The number of Topliss-reactive ketones (excluding diaryl/α,β-unsaturated/α-hetero) is 1. The number of amides is 1. The van der Waals surface area contributed by atoms with Crippen molar-refractivity contribution in [1.82, 2.24) is 14.9 Å². The quantitative estimate of drug-likeness (QED) is 0.704. The molecule has 0 aliphatic carbocycles. The number of anilines is 2. The van der Waals surface area contributed by atoms with Crippen LogP contribution in [-0.4, -0.2) is 71.6 Å². The van der Waals surface area contributed by atoms with E-state index in [-0.39, 0.29) is 6.09 Å². The number of ether oxygens (including phenoxy) is 1. The van der Waals surface area contributed by atoms with Crippen LogP contribution in [0, 0.1) is 6.92 Å². The standard InChI is InChI=1S/C25H33N5O3/c1-18-5-7-19(8-6-18)21-17-26-23(27-22(21)28-11-9-20(31)10-12-28)29-13-15-30(16-14-29)24(32)33-25(2,3)4/h5-8,17H,9-16H2,1-4H3. The molecule has 2 fully saturated rings. The molecule has 0 spiro atoms. The number of nitrogens with zero attached hydrogens (tertiary/aromatic N) is 5. The van der Waals surface area contributed by atoms with Crippen molar-refractivity contribution in [2.24, 2.45) is 0 Å². The maximum atomic E-state index is 12.4. The second-order valence-electron chi connectivity index (χ2n) is 9.75. The van der Waals surface area contributed by atoms with Crippen molar-refractivity contribution in [3.8, 4) is 11.1 Å². The largest absolute Gasteiger partial charge is 0.444 e. The van der Waals surface area contributed by atoms with Gasteiger partial charge in [0, 0.05) is 63.9 Å². The van der Waals surface area contributed by atoms with Crippen LogP contribution in [0.2, 0.25) is 0 Å². The molecule has 8 nitrogen and oxygen atoms in total. The van der Waals surface area contributed by atoms with Crippen LogP contribution in [-0.2, 0) is 9.53 Å². The molecule has 33 heavy (non-hydrogen) atoms. The smallest absolute Gasteiger partial charge is 0.410 e. The maximum absolute atomic E-state index is 12.4. The van der Waals surface area contributed by atoms with E-state index < -0.39 is 5.60 Å². The molecule has 176 valence electrons. The van der Waals surface area contributed by atoms with E-state index in [4.69, 9.17) is 9.72 Å². The molecule has 0 atom stereocenters. The first-order valence-corrected chi connectivity index (χ1v) is 11.6. The summed E-state index contributed by atoms with van der Waals surface area (Å²) in [5.41, 5.74) is 2.73. The molecule has 8 heteroatoms. The number of aryl methyl sites for hydroxylation is 1. The van der Waals surface area contributed by atoms with Crippen molar-refractivity contribution in [3.63, 3.8) is 0 Å². The van der Waals surface area contributed by atoms with Crippen LogP contribution in [0.5, 0.6) is 0 Å². The van der Waals surface area contributed by atoms with E-state index in [1.54, 1.807) is 4.90 Å². The summed E-state index contributed by atoms with van der Waals surface area (Å²) in [4.78, 5) is 39.9. The van der Waals surface area contributed by atoms with E-state index >= 15 is 0 Å². The molecule has 2 saturated heterocycles. The number of hydrogen-bond donors (Lipinski definition) is 0. The zero-order chi connectivity index (χ0) is 23.6. The Balaban J connectivity index is 1.55. The van der Waals surface area contributed by atoms with Gasteiger partial charge in [0.05, 0.1) is 0 Å². The molecule has 2 aromatic rings. The third kappa shape index (κ3) is 5.61. The molecule has 0 unspecified atom stereocenters. The first-order valence-electron chi connectivity index (χ1n) is 11.6. The van der Waals surface area contributed by atoms with Gasteiger partial charge in [0.15, 0.2) is 0 Å². The molecule has 3 heterocycles. The van der Waals surface area contributed by atoms with Crippen LogP contribution in [0.1, 0.15) is 39.2 Å². The summed E-state index contributed by atoms with van der Waals surface area (Å²) in [6, 6.07) is 8.35. The molecule has 2 aliphatic heterocycles. The second-order valence-corrected chi connectivity index (χ2v) is 9.75. The van der Waals surface area contributed by atoms with Crippen LogP contribution < -0.4 is 9.80 Å². The zero-order valence-electron chi connectivity index (χ0n) is 20.0. The number of benzene rings is 1. The highest BCUT2D eigenvalue weighted by molar-refractivity contribution is 5.83. The van der Waals surface area contributed by atoms with Gasteiger partial charge in [-0.2, -0.15) is 4.98 Å². The van der Waals surface area contributed by atoms with Gasteiger partial charge >= 0.3 is 6.09 Å². The van der Waals surface area contributed by atoms with E-state index in [0.717, 1.165) is 16.9 Å². The van der Waals surface area contributed by atoms with Gasteiger partial charge in [0.25, 0.3) is 0 Å². The number of carbonyl (C=O) groups excluding carboxylic acids is 2. The molecule has 1 aromatic heterocycles. The summed E-state index contributed by atoms with van der Waals surface area (Å²) in [5, 5.41) is 0. The van der Waals surface area contributed by atoms with Crippen LogP contribution >= 0.6 is 0 Å². The van der Waals surface area contributed by atoms with Crippen LogP contribution in [0.3, 0.4) is 0 Å². The summed E-state index contributed by atoms with van der Waals surface area (Å²) in [5.74, 6) is 1.82. The molecule has 0 radical (unpaired) electrons. The van der Waals surface area contributed by atoms with Crippen molar-refractivity contribution in [1.29, 1.82) is 0 Å². The van der Waals surface area contributed by atoms with Gasteiger partial charge in [0.2, 0.25) is 5.95 Å². The average molecular weight is 452 g/mol. The number of piperidine rings is 1. The minimum Gasteiger partial charge on any atom is -0.444 e.